The molecule has 0 spiro atoms. The highest BCUT2D eigenvalue weighted by Gasteiger charge is 2.19. The summed E-state index contributed by atoms with van der Waals surface area (Å²) in [7, 11) is 9.29. The molecule has 0 aliphatic heterocycles. The third-order valence-electron chi connectivity index (χ3n) is 11.1. The van der Waals surface area contributed by atoms with E-state index in [1.165, 1.54) is 161 Å². The minimum Gasteiger partial charge on any atom is -0.356 e. The van der Waals surface area contributed by atoms with E-state index >= 15 is 0 Å². The van der Waals surface area contributed by atoms with Crippen LogP contribution in [0.5, 0.6) is 0 Å². The SMILES string of the molecule is CCCCCCCCCCCCCCCC(=O)NCCC[N+](C)(C)CCC[N+](C)(C)CCCNC(=O)CCCCCCCCCCCCCCC. The zero-order valence-corrected chi connectivity index (χ0v) is 35.9. The molecule has 304 valence electrons. The molecule has 6 heteroatoms. The second kappa shape index (κ2) is 35.9. The van der Waals surface area contributed by atoms with Crippen LogP contribution in [0.1, 0.15) is 213 Å². The van der Waals surface area contributed by atoms with Crippen LogP contribution in [0.25, 0.3) is 0 Å². The summed E-state index contributed by atoms with van der Waals surface area (Å²) in [5.41, 5.74) is 0. The Hall–Kier alpha value is -1.14. The first-order valence-corrected chi connectivity index (χ1v) is 22.8. The summed E-state index contributed by atoms with van der Waals surface area (Å²) in [5.74, 6) is 0.469. The summed E-state index contributed by atoms with van der Waals surface area (Å²) in [5, 5.41) is 6.33. The molecule has 0 radical (unpaired) electrons. The van der Waals surface area contributed by atoms with E-state index < -0.39 is 0 Å². The minimum atomic E-state index is 0.234. The summed E-state index contributed by atoms with van der Waals surface area (Å²) in [6.07, 6.45) is 39.5. The molecule has 0 aliphatic carbocycles. The van der Waals surface area contributed by atoms with Crippen molar-refractivity contribution in [3.63, 3.8) is 0 Å². The van der Waals surface area contributed by atoms with E-state index in [1.807, 2.05) is 0 Å². The van der Waals surface area contributed by atoms with Crippen LogP contribution in [-0.2, 0) is 9.59 Å². The van der Waals surface area contributed by atoms with Crippen LogP contribution < -0.4 is 10.6 Å². The number of nitrogens with zero attached hydrogens (tertiary/aromatic N) is 2. The lowest BCUT2D eigenvalue weighted by atomic mass is 10.0. The Morgan fingerprint density at radius 3 is 0.843 bits per heavy atom. The molecular weight excluding hydrogens is 629 g/mol. The monoisotopic (exact) mass is 723 g/mol. The zero-order chi connectivity index (χ0) is 37.7. The highest BCUT2D eigenvalue weighted by atomic mass is 16.2. The molecule has 0 aromatic heterocycles. The third kappa shape index (κ3) is 38.4. The van der Waals surface area contributed by atoms with Gasteiger partial charge >= 0.3 is 0 Å². The van der Waals surface area contributed by atoms with Crippen LogP contribution in [-0.4, -0.2) is 88.2 Å². The highest BCUT2D eigenvalue weighted by Crippen LogP contribution is 2.14. The maximum atomic E-state index is 12.3. The van der Waals surface area contributed by atoms with Gasteiger partial charge in [-0.15, -0.1) is 0 Å². The Morgan fingerprint density at radius 1 is 0.333 bits per heavy atom. The number of carbonyl (C=O) groups excluding carboxylic acids is 2. The van der Waals surface area contributed by atoms with E-state index in [9.17, 15) is 9.59 Å². The first-order valence-electron chi connectivity index (χ1n) is 22.8. The van der Waals surface area contributed by atoms with Crippen LogP contribution in [0.3, 0.4) is 0 Å². The lowest BCUT2D eigenvalue weighted by molar-refractivity contribution is -0.909. The Bertz CT molecular complexity index is 707. The van der Waals surface area contributed by atoms with Crippen molar-refractivity contribution in [2.24, 2.45) is 0 Å². The maximum absolute atomic E-state index is 12.3. The van der Waals surface area contributed by atoms with Gasteiger partial charge in [-0.3, -0.25) is 9.59 Å². The number of unbranched alkanes of at least 4 members (excludes halogenated alkanes) is 24. The van der Waals surface area contributed by atoms with Gasteiger partial charge in [-0.05, 0) is 12.8 Å². The van der Waals surface area contributed by atoms with Gasteiger partial charge in [-0.2, -0.15) is 0 Å². The lowest BCUT2D eigenvalue weighted by Gasteiger charge is -2.33. The molecule has 51 heavy (non-hydrogen) atoms. The molecule has 0 heterocycles. The fourth-order valence-corrected chi connectivity index (χ4v) is 7.40. The number of quaternary nitrogens is 2. The summed E-state index contributed by atoms with van der Waals surface area (Å²) in [6, 6.07) is 0. The number of amides is 2. The molecule has 0 unspecified atom stereocenters. The molecule has 2 N–H and O–H groups in total. The minimum absolute atomic E-state index is 0.234. The Labute approximate surface area is 320 Å². The van der Waals surface area contributed by atoms with Crippen molar-refractivity contribution in [2.45, 2.75) is 213 Å². The van der Waals surface area contributed by atoms with Crippen LogP contribution in [0.15, 0.2) is 0 Å². The molecule has 0 atom stereocenters. The Balaban J connectivity index is 3.65. The molecule has 6 nitrogen and oxygen atoms in total. The highest BCUT2D eigenvalue weighted by molar-refractivity contribution is 5.76. The van der Waals surface area contributed by atoms with E-state index in [4.69, 9.17) is 0 Å². The molecule has 0 aliphatic rings. The van der Waals surface area contributed by atoms with Crippen molar-refractivity contribution >= 4 is 11.8 Å². The standard InChI is InChI=1S/C45H92N4O2/c1-7-9-11-13-15-17-19-21-23-25-27-29-31-36-44(50)46-38-33-40-48(3,4)42-35-43-49(5,6)41-34-39-47-45(51)37-32-30-28-26-24-22-20-18-16-14-12-10-8-2/h7-43H2,1-6H3/p+2. The van der Waals surface area contributed by atoms with E-state index in [2.05, 4.69) is 52.7 Å². The van der Waals surface area contributed by atoms with Gasteiger partial charge in [-0.25, -0.2) is 0 Å². The zero-order valence-electron chi connectivity index (χ0n) is 35.9. The molecule has 2 amide bonds. The second-order valence-electron chi connectivity index (χ2n) is 17.5. The predicted octanol–water partition coefficient (Wildman–Crippen LogP) is 11.5. The summed E-state index contributed by atoms with van der Waals surface area (Å²) < 4.78 is 2.01. The van der Waals surface area contributed by atoms with Crippen molar-refractivity contribution in [3.05, 3.63) is 0 Å². The van der Waals surface area contributed by atoms with Crippen molar-refractivity contribution < 1.29 is 18.6 Å². The number of rotatable bonds is 40. The maximum Gasteiger partial charge on any atom is 0.219 e. The average Bonchev–Trinajstić information content (AvgIpc) is 3.09. The molecule has 0 aromatic rings. The van der Waals surface area contributed by atoms with E-state index in [0.717, 1.165) is 73.9 Å². The van der Waals surface area contributed by atoms with Crippen LogP contribution in [0, 0.1) is 0 Å². The van der Waals surface area contributed by atoms with Gasteiger partial charge in [0.2, 0.25) is 11.8 Å². The van der Waals surface area contributed by atoms with Gasteiger partial charge in [0.05, 0.1) is 54.4 Å². The van der Waals surface area contributed by atoms with Crippen molar-refractivity contribution in [1.29, 1.82) is 0 Å². The smallest absolute Gasteiger partial charge is 0.219 e. The first-order chi connectivity index (χ1) is 24.6. The second-order valence-corrected chi connectivity index (χ2v) is 17.5. The van der Waals surface area contributed by atoms with Crippen LogP contribution >= 0.6 is 0 Å². The molecular formula is C45H94N4O2+2. The molecule has 0 rings (SSSR count). The van der Waals surface area contributed by atoms with Crippen LogP contribution in [0.4, 0.5) is 0 Å². The van der Waals surface area contributed by atoms with Crippen molar-refractivity contribution in [2.75, 3.05) is 67.5 Å². The van der Waals surface area contributed by atoms with E-state index in [0.29, 0.717) is 12.8 Å². The number of nitrogens with one attached hydrogen (secondary N) is 2. The van der Waals surface area contributed by atoms with Gasteiger partial charge in [-0.1, -0.05) is 168 Å². The number of hydrogen-bond donors (Lipinski definition) is 2. The molecule has 0 saturated heterocycles. The molecule has 0 saturated carbocycles. The molecule has 0 bridgehead atoms. The van der Waals surface area contributed by atoms with Crippen molar-refractivity contribution in [1.82, 2.24) is 10.6 Å². The summed E-state index contributed by atoms with van der Waals surface area (Å²) >= 11 is 0. The van der Waals surface area contributed by atoms with Gasteiger partial charge < -0.3 is 19.6 Å². The molecule has 0 fully saturated rings. The third-order valence-corrected chi connectivity index (χ3v) is 11.1. The fourth-order valence-electron chi connectivity index (χ4n) is 7.40. The van der Waals surface area contributed by atoms with E-state index in [-0.39, 0.29) is 11.8 Å². The van der Waals surface area contributed by atoms with Gasteiger partial charge in [0.15, 0.2) is 0 Å². The largest absolute Gasteiger partial charge is 0.356 e. The average molecular weight is 723 g/mol. The topological polar surface area (TPSA) is 58.2 Å². The first kappa shape index (κ1) is 49.9. The Kier molecular flexibility index (Phi) is 35.1. The quantitative estimate of drug-likeness (QED) is 0.0489. The van der Waals surface area contributed by atoms with E-state index in [1.54, 1.807) is 0 Å². The predicted molar refractivity (Wildman–Crippen MR) is 224 cm³/mol. The summed E-state index contributed by atoms with van der Waals surface area (Å²) in [6.45, 7) is 10.7. The van der Waals surface area contributed by atoms with Crippen molar-refractivity contribution in [3.8, 4) is 0 Å². The van der Waals surface area contributed by atoms with Gasteiger partial charge in [0.25, 0.3) is 0 Å². The summed E-state index contributed by atoms with van der Waals surface area (Å²) in [4.78, 5) is 24.6. The number of carbonyl (C=O) groups is 2. The fraction of sp³-hybridized carbons (Fsp3) is 0.956. The van der Waals surface area contributed by atoms with Crippen LogP contribution in [0.2, 0.25) is 0 Å². The lowest BCUT2D eigenvalue weighted by Crippen LogP contribution is -2.47. The molecule has 0 aromatic carbocycles. The normalized spacial score (nSPS) is 12.0. The number of hydrogen-bond acceptors (Lipinski definition) is 2. The van der Waals surface area contributed by atoms with Gasteiger partial charge in [0.1, 0.15) is 0 Å². The Morgan fingerprint density at radius 2 is 0.569 bits per heavy atom. The van der Waals surface area contributed by atoms with Gasteiger partial charge in [0, 0.05) is 45.2 Å².